The summed E-state index contributed by atoms with van der Waals surface area (Å²) in [6.07, 6.45) is 10.1. The lowest BCUT2D eigenvalue weighted by atomic mass is 9.94. The van der Waals surface area contributed by atoms with Crippen molar-refractivity contribution in [2.75, 3.05) is 31.1 Å². The van der Waals surface area contributed by atoms with Crippen molar-refractivity contribution in [3.63, 3.8) is 0 Å². The number of para-hydroxylation sites is 1. The summed E-state index contributed by atoms with van der Waals surface area (Å²) in [7, 11) is 0. The van der Waals surface area contributed by atoms with Gasteiger partial charge in [0.1, 0.15) is 0 Å². The van der Waals surface area contributed by atoms with Crippen LogP contribution in [-0.2, 0) is 0 Å². The summed E-state index contributed by atoms with van der Waals surface area (Å²) < 4.78 is 0. The third-order valence-electron chi connectivity index (χ3n) is 6.23. The molecule has 1 saturated heterocycles. The molecule has 0 spiro atoms. The van der Waals surface area contributed by atoms with Crippen LogP contribution in [0.1, 0.15) is 49.7 Å². The predicted octanol–water partition coefficient (Wildman–Crippen LogP) is 6.41. The average Bonchev–Trinajstić information content (AvgIpc) is 3.24. The fourth-order valence-electron chi connectivity index (χ4n) is 4.79. The molecule has 4 rings (SSSR count). The van der Waals surface area contributed by atoms with Gasteiger partial charge in [0.15, 0.2) is 0 Å². The van der Waals surface area contributed by atoms with E-state index in [-0.39, 0.29) is 24.8 Å². The lowest BCUT2D eigenvalue weighted by Crippen LogP contribution is -2.52. The zero-order valence-electron chi connectivity index (χ0n) is 17.4. The molecule has 2 fully saturated rings. The van der Waals surface area contributed by atoms with Crippen LogP contribution >= 0.6 is 24.8 Å². The van der Waals surface area contributed by atoms with E-state index < -0.39 is 0 Å². The van der Waals surface area contributed by atoms with Gasteiger partial charge in [-0.1, -0.05) is 73.5 Å². The standard InChI is InChI=1S/C25H32N2.2ClH/c1-21-20-26(17-9-12-22-10-3-2-4-11-22)18-19-27(21)25-16-8-7-15-24(25)23-13-5-6-14-23;;/h2-4,7-12,15-16,21,23H,5-6,13-14,17-20H2,1H3;2*1H. The Hall–Kier alpha value is -1.48. The molecule has 2 aromatic rings. The first kappa shape index (κ1) is 23.8. The van der Waals surface area contributed by atoms with Crippen molar-refractivity contribution in [1.82, 2.24) is 4.90 Å². The van der Waals surface area contributed by atoms with Gasteiger partial charge in [0.25, 0.3) is 0 Å². The summed E-state index contributed by atoms with van der Waals surface area (Å²) in [6, 6.07) is 20.3. The number of benzene rings is 2. The fourth-order valence-corrected chi connectivity index (χ4v) is 4.79. The fraction of sp³-hybridized carbons (Fsp3) is 0.440. The number of halogens is 2. The van der Waals surface area contributed by atoms with Gasteiger partial charge in [0.2, 0.25) is 0 Å². The molecule has 1 saturated carbocycles. The second-order valence-electron chi connectivity index (χ2n) is 8.16. The van der Waals surface area contributed by atoms with E-state index in [9.17, 15) is 0 Å². The number of piperazine rings is 1. The van der Waals surface area contributed by atoms with Crippen LogP contribution in [0.5, 0.6) is 0 Å². The second-order valence-corrected chi connectivity index (χ2v) is 8.16. The maximum atomic E-state index is 2.66. The first-order valence-corrected chi connectivity index (χ1v) is 10.6. The molecule has 1 atom stereocenters. The van der Waals surface area contributed by atoms with Crippen molar-refractivity contribution < 1.29 is 0 Å². The van der Waals surface area contributed by atoms with E-state index in [4.69, 9.17) is 0 Å². The molecular weight excluding hydrogens is 399 g/mol. The Morgan fingerprint density at radius 1 is 0.897 bits per heavy atom. The van der Waals surface area contributed by atoms with Crippen LogP contribution in [0, 0.1) is 0 Å². The van der Waals surface area contributed by atoms with E-state index in [0.29, 0.717) is 6.04 Å². The highest BCUT2D eigenvalue weighted by Crippen LogP contribution is 2.39. The molecule has 2 aliphatic rings. The summed E-state index contributed by atoms with van der Waals surface area (Å²) in [5, 5.41) is 0. The highest BCUT2D eigenvalue weighted by molar-refractivity contribution is 5.85. The number of hydrogen-bond donors (Lipinski definition) is 0. The monoisotopic (exact) mass is 432 g/mol. The van der Waals surface area contributed by atoms with Gasteiger partial charge in [-0.25, -0.2) is 0 Å². The minimum absolute atomic E-state index is 0. The van der Waals surface area contributed by atoms with Crippen LogP contribution in [0.2, 0.25) is 0 Å². The van der Waals surface area contributed by atoms with Crippen molar-refractivity contribution in [2.45, 2.75) is 44.6 Å². The Kier molecular flexibility index (Phi) is 9.55. The van der Waals surface area contributed by atoms with Crippen LogP contribution in [0.3, 0.4) is 0 Å². The van der Waals surface area contributed by atoms with E-state index >= 15 is 0 Å². The van der Waals surface area contributed by atoms with Gasteiger partial charge in [0.05, 0.1) is 0 Å². The molecule has 29 heavy (non-hydrogen) atoms. The Morgan fingerprint density at radius 3 is 2.31 bits per heavy atom. The molecule has 1 unspecified atom stereocenters. The smallest absolute Gasteiger partial charge is 0.0404 e. The van der Waals surface area contributed by atoms with Gasteiger partial charge >= 0.3 is 0 Å². The lowest BCUT2D eigenvalue weighted by molar-refractivity contribution is 0.251. The molecule has 0 radical (unpaired) electrons. The highest BCUT2D eigenvalue weighted by atomic mass is 35.5. The average molecular weight is 433 g/mol. The van der Waals surface area contributed by atoms with E-state index in [0.717, 1.165) is 32.1 Å². The minimum atomic E-state index is 0. The zero-order chi connectivity index (χ0) is 18.5. The summed E-state index contributed by atoms with van der Waals surface area (Å²) in [4.78, 5) is 5.24. The predicted molar refractivity (Wildman–Crippen MR) is 131 cm³/mol. The molecule has 4 heteroatoms. The van der Waals surface area contributed by atoms with E-state index in [1.807, 2.05) is 0 Å². The molecule has 0 bridgehead atoms. The van der Waals surface area contributed by atoms with Gasteiger partial charge < -0.3 is 4.90 Å². The Labute approximate surface area is 188 Å². The van der Waals surface area contributed by atoms with Gasteiger partial charge in [-0.05, 0) is 42.9 Å². The second kappa shape index (κ2) is 11.6. The van der Waals surface area contributed by atoms with Crippen LogP contribution in [0.25, 0.3) is 6.08 Å². The first-order valence-electron chi connectivity index (χ1n) is 10.6. The van der Waals surface area contributed by atoms with Crippen LogP contribution in [0.4, 0.5) is 5.69 Å². The number of hydrogen-bond acceptors (Lipinski definition) is 2. The molecule has 2 aromatic carbocycles. The third-order valence-corrected chi connectivity index (χ3v) is 6.23. The zero-order valence-corrected chi connectivity index (χ0v) is 19.0. The van der Waals surface area contributed by atoms with Crippen molar-refractivity contribution in [1.29, 1.82) is 0 Å². The largest absolute Gasteiger partial charge is 0.366 e. The van der Waals surface area contributed by atoms with Crippen molar-refractivity contribution in [3.8, 4) is 0 Å². The summed E-state index contributed by atoms with van der Waals surface area (Å²) >= 11 is 0. The maximum absolute atomic E-state index is 2.66. The van der Waals surface area contributed by atoms with Crippen molar-refractivity contribution >= 4 is 36.6 Å². The molecule has 0 N–H and O–H groups in total. The third kappa shape index (κ3) is 6.01. The molecular formula is C25H34Cl2N2. The van der Waals surface area contributed by atoms with Crippen LogP contribution in [0.15, 0.2) is 60.7 Å². The minimum Gasteiger partial charge on any atom is -0.366 e. The Balaban J connectivity index is 0.00000150. The van der Waals surface area contributed by atoms with E-state index in [1.54, 1.807) is 5.56 Å². The molecule has 1 aliphatic heterocycles. The van der Waals surface area contributed by atoms with Gasteiger partial charge in [-0.15, -0.1) is 24.8 Å². The van der Waals surface area contributed by atoms with Crippen molar-refractivity contribution in [2.24, 2.45) is 0 Å². The lowest BCUT2D eigenvalue weighted by Gasteiger charge is -2.42. The van der Waals surface area contributed by atoms with Crippen LogP contribution < -0.4 is 4.90 Å². The SMILES string of the molecule is CC1CN(CC=Cc2ccccc2)CCN1c1ccccc1C1CCCC1.Cl.Cl. The van der Waals surface area contributed by atoms with E-state index in [1.165, 1.54) is 36.9 Å². The quantitative estimate of drug-likeness (QED) is 0.538. The van der Waals surface area contributed by atoms with Gasteiger partial charge in [-0.2, -0.15) is 0 Å². The molecule has 2 nitrogen and oxygen atoms in total. The molecule has 1 aliphatic carbocycles. The van der Waals surface area contributed by atoms with Crippen LogP contribution in [-0.4, -0.2) is 37.1 Å². The molecule has 0 aromatic heterocycles. The summed E-state index contributed by atoms with van der Waals surface area (Å²) in [5.41, 5.74) is 4.38. The van der Waals surface area contributed by atoms with E-state index in [2.05, 4.69) is 83.5 Å². The topological polar surface area (TPSA) is 6.48 Å². The Morgan fingerprint density at radius 2 is 1.59 bits per heavy atom. The first-order chi connectivity index (χ1) is 13.3. The summed E-state index contributed by atoms with van der Waals surface area (Å²) in [6.45, 7) is 6.83. The number of rotatable bonds is 5. The number of nitrogens with zero attached hydrogens (tertiary/aromatic N) is 2. The van der Waals surface area contributed by atoms with Gasteiger partial charge in [0, 0.05) is 37.9 Å². The normalized spacial score (nSPS) is 20.4. The molecule has 1 heterocycles. The molecule has 0 amide bonds. The highest BCUT2D eigenvalue weighted by Gasteiger charge is 2.27. The van der Waals surface area contributed by atoms with Crippen molar-refractivity contribution in [3.05, 3.63) is 71.8 Å². The summed E-state index contributed by atoms with van der Waals surface area (Å²) in [5.74, 6) is 0.778. The number of anilines is 1. The molecule has 158 valence electrons. The maximum Gasteiger partial charge on any atom is 0.0404 e. The Bertz CT molecular complexity index is 756. The van der Waals surface area contributed by atoms with Gasteiger partial charge in [-0.3, -0.25) is 4.90 Å².